The van der Waals surface area contributed by atoms with Crippen molar-refractivity contribution in [3.8, 4) is 0 Å². The van der Waals surface area contributed by atoms with E-state index in [4.69, 9.17) is 0 Å². The van der Waals surface area contributed by atoms with Gasteiger partial charge in [0.15, 0.2) is 0 Å². The molecular formula is C12H21N3. The van der Waals surface area contributed by atoms with Crippen molar-refractivity contribution < 1.29 is 0 Å². The zero-order chi connectivity index (χ0) is 10.7. The van der Waals surface area contributed by atoms with Gasteiger partial charge in [-0.05, 0) is 25.3 Å². The van der Waals surface area contributed by atoms with Crippen LogP contribution >= 0.6 is 0 Å². The number of H-pyrrole nitrogens is 1. The lowest BCUT2D eigenvalue weighted by Gasteiger charge is -2.12. The number of aromatic amines is 1. The van der Waals surface area contributed by atoms with E-state index in [1.165, 1.54) is 31.4 Å². The first-order valence-corrected chi connectivity index (χ1v) is 6.05. The zero-order valence-corrected chi connectivity index (χ0v) is 9.71. The molecule has 2 N–H and O–H groups in total. The smallest absolute Gasteiger partial charge is 0.123 e. The first kappa shape index (κ1) is 10.7. The van der Waals surface area contributed by atoms with Crippen LogP contribution in [0.1, 0.15) is 63.0 Å². The molecule has 1 aliphatic rings. The second-order valence-electron chi connectivity index (χ2n) is 4.73. The summed E-state index contributed by atoms with van der Waals surface area (Å²) in [7, 11) is 0. The van der Waals surface area contributed by atoms with Crippen molar-refractivity contribution in [2.24, 2.45) is 0 Å². The molecule has 0 bridgehead atoms. The summed E-state index contributed by atoms with van der Waals surface area (Å²) in [6.45, 7) is 5.51. The van der Waals surface area contributed by atoms with Crippen LogP contribution in [0.25, 0.3) is 0 Å². The predicted octanol–water partition coefficient (Wildman–Crippen LogP) is 2.74. The maximum absolute atomic E-state index is 4.48. The average Bonchev–Trinajstić information content (AvgIpc) is 2.55. The number of nitrogens with one attached hydrogen (secondary N) is 2. The minimum atomic E-state index is 0.444. The third kappa shape index (κ3) is 2.59. The van der Waals surface area contributed by atoms with Gasteiger partial charge in [0.1, 0.15) is 5.82 Å². The van der Waals surface area contributed by atoms with E-state index in [1.807, 2.05) is 6.20 Å². The Labute approximate surface area is 91.7 Å². The summed E-state index contributed by atoms with van der Waals surface area (Å²) in [6, 6.07) is 0.444. The molecular weight excluding hydrogens is 186 g/mol. The fourth-order valence-corrected chi connectivity index (χ4v) is 2.08. The van der Waals surface area contributed by atoms with Gasteiger partial charge in [0.25, 0.3) is 0 Å². The molecule has 1 aromatic heterocycles. The molecule has 0 radical (unpaired) electrons. The van der Waals surface area contributed by atoms with Gasteiger partial charge in [-0.2, -0.15) is 0 Å². The lowest BCUT2D eigenvalue weighted by Crippen LogP contribution is -2.21. The van der Waals surface area contributed by atoms with Crippen LogP contribution < -0.4 is 5.32 Å². The van der Waals surface area contributed by atoms with Crippen molar-refractivity contribution in [3.05, 3.63) is 17.7 Å². The van der Waals surface area contributed by atoms with Crippen LogP contribution in [0.2, 0.25) is 0 Å². The minimum absolute atomic E-state index is 0.444. The van der Waals surface area contributed by atoms with Crippen LogP contribution in [0.5, 0.6) is 0 Å². The highest BCUT2D eigenvalue weighted by atomic mass is 15.0. The summed E-state index contributed by atoms with van der Waals surface area (Å²) in [5.74, 6) is 1.66. The molecule has 0 aromatic carbocycles. The normalized spacial score (nSPS) is 23.0. The van der Waals surface area contributed by atoms with Crippen molar-refractivity contribution in [2.75, 3.05) is 6.54 Å². The summed E-state index contributed by atoms with van der Waals surface area (Å²) in [5, 5.41) is 3.56. The van der Waals surface area contributed by atoms with Gasteiger partial charge in [0.05, 0.1) is 6.04 Å². The third-order valence-corrected chi connectivity index (χ3v) is 3.13. The Morgan fingerprint density at radius 1 is 1.33 bits per heavy atom. The standard InChI is InChI=1S/C12H21N3/c1-9(2)11-8-14-12(15-11)10-6-4-3-5-7-13-10/h8-10,13H,3-7H2,1-2H3,(H,14,15). The molecule has 1 saturated heterocycles. The van der Waals surface area contributed by atoms with Gasteiger partial charge >= 0.3 is 0 Å². The van der Waals surface area contributed by atoms with Crippen molar-refractivity contribution in [3.63, 3.8) is 0 Å². The number of hydrogen-bond donors (Lipinski definition) is 2. The molecule has 1 atom stereocenters. The van der Waals surface area contributed by atoms with E-state index in [9.17, 15) is 0 Å². The topological polar surface area (TPSA) is 40.7 Å². The van der Waals surface area contributed by atoms with Gasteiger partial charge in [-0.25, -0.2) is 4.98 Å². The molecule has 3 heteroatoms. The second-order valence-corrected chi connectivity index (χ2v) is 4.73. The van der Waals surface area contributed by atoms with Crippen LogP contribution in [0.3, 0.4) is 0 Å². The van der Waals surface area contributed by atoms with Crippen LogP contribution in [0, 0.1) is 0 Å². The quantitative estimate of drug-likeness (QED) is 0.783. The van der Waals surface area contributed by atoms with E-state index in [-0.39, 0.29) is 0 Å². The Balaban J connectivity index is 2.06. The molecule has 1 aromatic rings. The molecule has 0 saturated carbocycles. The molecule has 15 heavy (non-hydrogen) atoms. The average molecular weight is 207 g/mol. The molecule has 2 rings (SSSR count). The van der Waals surface area contributed by atoms with E-state index in [0.29, 0.717) is 12.0 Å². The summed E-state index contributed by atoms with van der Waals surface area (Å²) in [5.41, 5.74) is 1.25. The zero-order valence-electron chi connectivity index (χ0n) is 9.71. The van der Waals surface area contributed by atoms with Crippen LogP contribution in [0.15, 0.2) is 6.20 Å². The third-order valence-electron chi connectivity index (χ3n) is 3.13. The molecule has 0 aliphatic carbocycles. The number of rotatable bonds is 2. The Morgan fingerprint density at radius 3 is 2.93 bits per heavy atom. The van der Waals surface area contributed by atoms with E-state index >= 15 is 0 Å². The van der Waals surface area contributed by atoms with Gasteiger partial charge in [-0.1, -0.05) is 26.7 Å². The summed E-state index contributed by atoms with van der Waals surface area (Å²) < 4.78 is 0. The highest BCUT2D eigenvalue weighted by Crippen LogP contribution is 2.21. The highest BCUT2D eigenvalue weighted by Gasteiger charge is 2.16. The molecule has 84 valence electrons. The van der Waals surface area contributed by atoms with Gasteiger partial charge in [0.2, 0.25) is 0 Å². The van der Waals surface area contributed by atoms with E-state index in [1.54, 1.807) is 0 Å². The molecule has 1 unspecified atom stereocenters. The lowest BCUT2D eigenvalue weighted by molar-refractivity contribution is 0.510. The molecule has 3 nitrogen and oxygen atoms in total. The number of hydrogen-bond acceptors (Lipinski definition) is 2. The highest BCUT2D eigenvalue weighted by molar-refractivity contribution is 5.08. The molecule has 2 heterocycles. The molecule has 1 aliphatic heterocycles. The molecule has 1 fully saturated rings. The fourth-order valence-electron chi connectivity index (χ4n) is 2.08. The molecule has 0 spiro atoms. The van der Waals surface area contributed by atoms with Crippen LogP contribution in [-0.2, 0) is 0 Å². The maximum Gasteiger partial charge on any atom is 0.123 e. The Morgan fingerprint density at radius 2 is 2.20 bits per heavy atom. The predicted molar refractivity (Wildman–Crippen MR) is 61.9 cm³/mol. The number of nitrogens with zero attached hydrogens (tertiary/aromatic N) is 1. The number of imidazole rings is 1. The first-order chi connectivity index (χ1) is 7.27. The van der Waals surface area contributed by atoms with Crippen LogP contribution in [0.4, 0.5) is 0 Å². The van der Waals surface area contributed by atoms with E-state index < -0.39 is 0 Å². The van der Waals surface area contributed by atoms with E-state index in [0.717, 1.165) is 12.4 Å². The monoisotopic (exact) mass is 207 g/mol. The van der Waals surface area contributed by atoms with Crippen molar-refractivity contribution in [2.45, 2.75) is 51.5 Å². The largest absolute Gasteiger partial charge is 0.344 e. The van der Waals surface area contributed by atoms with Crippen molar-refractivity contribution in [1.82, 2.24) is 15.3 Å². The van der Waals surface area contributed by atoms with Crippen molar-refractivity contribution in [1.29, 1.82) is 0 Å². The van der Waals surface area contributed by atoms with Crippen LogP contribution in [-0.4, -0.2) is 16.5 Å². The first-order valence-electron chi connectivity index (χ1n) is 6.05. The lowest BCUT2D eigenvalue weighted by atomic mass is 10.1. The summed E-state index contributed by atoms with van der Waals surface area (Å²) >= 11 is 0. The SMILES string of the molecule is CC(C)c1cnc(C2CCCCCN2)[nH]1. The Hall–Kier alpha value is -0.830. The van der Waals surface area contributed by atoms with E-state index in [2.05, 4.69) is 29.1 Å². The maximum atomic E-state index is 4.48. The number of aromatic nitrogens is 2. The van der Waals surface area contributed by atoms with Crippen molar-refractivity contribution >= 4 is 0 Å². The fraction of sp³-hybridized carbons (Fsp3) is 0.750. The van der Waals surface area contributed by atoms with Gasteiger partial charge in [-0.15, -0.1) is 0 Å². The van der Waals surface area contributed by atoms with Gasteiger partial charge < -0.3 is 10.3 Å². The van der Waals surface area contributed by atoms with Gasteiger partial charge in [0, 0.05) is 11.9 Å². The second kappa shape index (κ2) is 4.79. The Kier molecular flexibility index (Phi) is 3.41. The summed E-state index contributed by atoms with van der Waals surface area (Å²) in [4.78, 5) is 7.92. The van der Waals surface area contributed by atoms with Gasteiger partial charge in [-0.3, -0.25) is 0 Å². The summed E-state index contributed by atoms with van der Waals surface area (Å²) in [6.07, 6.45) is 7.16. The minimum Gasteiger partial charge on any atom is -0.344 e. The Bertz CT molecular complexity index is 296. The molecule has 0 amide bonds.